The third-order valence-electron chi connectivity index (χ3n) is 2.28. The summed E-state index contributed by atoms with van der Waals surface area (Å²) in [6.07, 6.45) is 2.88. The van der Waals surface area contributed by atoms with E-state index in [1.165, 1.54) is 0 Å². The van der Waals surface area contributed by atoms with Crippen LogP contribution >= 0.6 is 0 Å². The minimum atomic E-state index is 0.626. The molecule has 1 aliphatic rings. The lowest BCUT2D eigenvalue weighted by Crippen LogP contribution is -2.37. The molecule has 0 unspecified atom stereocenters. The van der Waals surface area contributed by atoms with Crippen LogP contribution in [0.25, 0.3) is 11.8 Å². The Bertz CT molecular complexity index is 477. The van der Waals surface area contributed by atoms with Gasteiger partial charge in [0.1, 0.15) is 5.75 Å². The zero-order chi connectivity index (χ0) is 9.97. The van der Waals surface area contributed by atoms with E-state index in [2.05, 4.69) is 5.32 Å². The van der Waals surface area contributed by atoms with Crippen LogP contribution in [0, 0.1) is 0 Å². The summed E-state index contributed by atoms with van der Waals surface area (Å²) in [4.78, 5) is 10.8. The van der Waals surface area contributed by atoms with Crippen LogP contribution in [0.1, 0.15) is 0 Å². The van der Waals surface area contributed by atoms with E-state index in [1.807, 2.05) is 24.3 Å². The lowest BCUT2D eigenvalue weighted by molar-refractivity contribution is -0.103. The van der Waals surface area contributed by atoms with E-state index in [9.17, 15) is 4.79 Å². The summed E-state index contributed by atoms with van der Waals surface area (Å²) in [5.74, 6) is 0.764. The van der Waals surface area contributed by atoms with Crippen LogP contribution < -0.4 is 20.5 Å². The van der Waals surface area contributed by atoms with Crippen molar-refractivity contribution in [3.05, 3.63) is 28.6 Å². The number of nitrogens with one attached hydrogen (secondary N) is 1. The van der Waals surface area contributed by atoms with E-state index in [4.69, 9.17) is 4.74 Å². The molecule has 1 aromatic carbocycles. The molecule has 0 fully saturated rings. The van der Waals surface area contributed by atoms with Crippen molar-refractivity contribution in [3.8, 4) is 5.75 Å². The Hall–Kier alpha value is -1.77. The van der Waals surface area contributed by atoms with Crippen molar-refractivity contribution in [1.82, 2.24) is 5.32 Å². The molecule has 0 aliphatic carbocycles. The van der Waals surface area contributed by atoms with E-state index in [1.54, 1.807) is 7.11 Å². The molecule has 2 rings (SSSR count). The third kappa shape index (κ3) is 1.37. The van der Waals surface area contributed by atoms with Crippen molar-refractivity contribution in [3.63, 3.8) is 0 Å². The van der Waals surface area contributed by atoms with Gasteiger partial charge in [-0.2, -0.15) is 0 Å². The first kappa shape index (κ1) is 8.81. The summed E-state index contributed by atoms with van der Waals surface area (Å²) in [5.41, 5.74) is 0.626. The van der Waals surface area contributed by atoms with Crippen LogP contribution in [-0.2, 0) is 4.79 Å². The maximum atomic E-state index is 10.8. The number of ether oxygens (including phenoxy) is 1. The second-order valence-electron chi connectivity index (χ2n) is 3.07. The zero-order valence-electron chi connectivity index (χ0n) is 7.91. The number of carbonyl (C=O) groups is 1. The monoisotopic (exact) mass is 189 g/mol. The maximum Gasteiger partial charge on any atom is 0.166 e. The first-order valence-electron chi connectivity index (χ1n) is 4.43. The molecule has 1 aliphatic heterocycles. The van der Waals surface area contributed by atoms with Crippen LogP contribution in [0.3, 0.4) is 0 Å². The summed E-state index contributed by atoms with van der Waals surface area (Å²) in [5, 5.41) is 5.00. The normalized spacial score (nSPS) is 13.6. The molecule has 0 saturated carbocycles. The first-order valence-corrected chi connectivity index (χ1v) is 4.43. The quantitative estimate of drug-likeness (QED) is 0.630. The van der Waals surface area contributed by atoms with E-state index < -0.39 is 0 Å². The molecule has 1 heterocycles. The Labute approximate surface area is 81.7 Å². The lowest BCUT2D eigenvalue weighted by Gasteiger charge is -2.09. The minimum absolute atomic E-state index is 0.626. The molecule has 1 aromatic rings. The molecule has 0 spiro atoms. The summed E-state index contributed by atoms with van der Waals surface area (Å²) in [7, 11) is 1.61. The fourth-order valence-electron chi connectivity index (χ4n) is 1.54. The van der Waals surface area contributed by atoms with Gasteiger partial charge in [-0.05, 0) is 17.4 Å². The van der Waals surface area contributed by atoms with Gasteiger partial charge in [0.15, 0.2) is 6.29 Å². The topological polar surface area (TPSA) is 38.3 Å². The van der Waals surface area contributed by atoms with Gasteiger partial charge < -0.3 is 10.1 Å². The lowest BCUT2D eigenvalue weighted by atomic mass is 10.1. The van der Waals surface area contributed by atoms with Crippen molar-refractivity contribution < 1.29 is 9.53 Å². The van der Waals surface area contributed by atoms with Crippen molar-refractivity contribution in [2.75, 3.05) is 13.7 Å². The Morgan fingerprint density at radius 1 is 1.50 bits per heavy atom. The third-order valence-corrected chi connectivity index (χ3v) is 2.28. The van der Waals surface area contributed by atoms with Crippen LogP contribution in [0.2, 0.25) is 0 Å². The van der Waals surface area contributed by atoms with Crippen LogP contribution in [0.4, 0.5) is 0 Å². The number of aldehydes is 1. The molecule has 0 bridgehead atoms. The second-order valence-corrected chi connectivity index (χ2v) is 3.07. The maximum absolute atomic E-state index is 10.8. The molecule has 0 radical (unpaired) electrons. The Morgan fingerprint density at radius 3 is 3.07 bits per heavy atom. The fourth-order valence-corrected chi connectivity index (χ4v) is 1.54. The van der Waals surface area contributed by atoms with Gasteiger partial charge in [0.25, 0.3) is 0 Å². The standard InChI is InChI=1S/C11H11NO2/c1-14-9-3-2-8-4-5-12-11(7-13)10(8)6-9/h2-4,6-7,12H,5H2,1H3. The van der Waals surface area contributed by atoms with E-state index >= 15 is 0 Å². The molecule has 1 N–H and O–H groups in total. The van der Waals surface area contributed by atoms with Crippen LogP contribution in [0.15, 0.2) is 18.2 Å². The van der Waals surface area contributed by atoms with Gasteiger partial charge >= 0.3 is 0 Å². The van der Waals surface area contributed by atoms with Crippen LogP contribution in [0.5, 0.6) is 5.75 Å². The molecule has 14 heavy (non-hydrogen) atoms. The average molecular weight is 189 g/mol. The minimum Gasteiger partial charge on any atom is -0.497 e. The summed E-state index contributed by atoms with van der Waals surface area (Å²) in [6.45, 7) is 0.702. The zero-order valence-corrected chi connectivity index (χ0v) is 7.91. The van der Waals surface area contributed by atoms with E-state index in [0.29, 0.717) is 12.2 Å². The smallest absolute Gasteiger partial charge is 0.166 e. The molecule has 0 aromatic heterocycles. The van der Waals surface area contributed by atoms with Gasteiger partial charge in [0.2, 0.25) is 0 Å². The fraction of sp³-hybridized carbons (Fsp3) is 0.182. The molecule has 3 heteroatoms. The molecule has 3 nitrogen and oxygen atoms in total. The van der Waals surface area contributed by atoms with Crippen molar-refractivity contribution in [1.29, 1.82) is 0 Å². The molecule has 0 saturated heterocycles. The largest absolute Gasteiger partial charge is 0.497 e. The van der Waals surface area contributed by atoms with Crippen LogP contribution in [-0.4, -0.2) is 19.9 Å². The van der Waals surface area contributed by atoms with Gasteiger partial charge in [0, 0.05) is 11.8 Å². The number of benzene rings is 1. The predicted octanol–water partition coefficient (Wildman–Crippen LogP) is -0.614. The molecule has 0 atom stereocenters. The highest BCUT2D eigenvalue weighted by Gasteiger charge is 2.02. The predicted molar refractivity (Wildman–Crippen MR) is 54.2 cm³/mol. The SMILES string of the molecule is COc1ccc2c(c1)=C(C=O)NCC=2. The average Bonchev–Trinajstić information content (AvgIpc) is 2.27. The molecule has 0 amide bonds. The van der Waals surface area contributed by atoms with Crippen molar-refractivity contribution >= 4 is 18.1 Å². The Morgan fingerprint density at radius 2 is 2.36 bits per heavy atom. The first-order chi connectivity index (χ1) is 6.85. The number of rotatable bonds is 2. The summed E-state index contributed by atoms with van der Waals surface area (Å²) in [6, 6.07) is 5.71. The van der Waals surface area contributed by atoms with Gasteiger partial charge in [0.05, 0.1) is 12.8 Å². The summed E-state index contributed by atoms with van der Waals surface area (Å²) >= 11 is 0. The Balaban J connectivity index is 2.77. The van der Waals surface area contributed by atoms with E-state index in [-0.39, 0.29) is 0 Å². The van der Waals surface area contributed by atoms with Gasteiger partial charge in [-0.3, -0.25) is 4.79 Å². The highest BCUT2D eigenvalue weighted by atomic mass is 16.5. The molecular weight excluding hydrogens is 178 g/mol. The molecule has 72 valence electrons. The van der Waals surface area contributed by atoms with E-state index in [0.717, 1.165) is 22.5 Å². The highest BCUT2D eigenvalue weighted by molar-refractivity contribution is 5.97. The summed E-state index contributed by atoms with van der Waals surface area (Å²) < 4.78 is 5.10. The number of fused-ring (bicyclic) bond motifs is 1. The van der Waals surface area contributed by atoms with Gasteiger partial charge in [-0.1, -0.05) is 12.1 Å². The number of hydrogen-bond acceptors (Lipinski definition) is 3. The number of hydrogen-bond donors (Lipinski definition) is 1. The highest BCUT2D eigenvalue weighted by Crippen LogP contribution is 2.02. The number of methoxy groups -OCH3 is 1. The Kier molecular flexibility index (Phi) is 2.23. The molecular formula is C11H11NO2. The van der Waals surface area contributed by atoms with Crippen molar-refractivity contribution in [2.45, 2.75) is 0 Å². The van der Waals surface area contributed by atoms with Gasteiger partial charge in [-0.15, -0.1) is 0 Å². The van der Waals surface area contributed by atoms with Crippen molar-refractivity contribution in [2.24, 2.45) is 0 Å². The number of carbonyl (C=O) groups excluding carboxylic acids is 1. The van der Waals surface area contributed by atoms with Gasteiger partial charge in [-0.25, -0.2) is 0 Å². The second kappa shape index (κ2) is 3.54.